The summed E-state index contributed by atoms with van der Waals surface area (Å²) in [6.45, 7) is 0.551. The van der Waals surface area contributed by atoms with Crippen LogP contribution < -0.4 is 16.0 Å². The number of ether oxygens (including phenoxy) is 1. The number of nitrogens with one attached hydrogen (secondary N) is 1. The summed E-state index contributed by atoms with van der Waals surface area (Å²) >= 11 is 3.29. The maximum absolute atomic E-state index is 13.3. The second-order valence-electron chi connectivity index (χ2n) is 4.80. The van der Waals surface area contributed by atoms with Crippen LogP contribution in [0.3, 0.4) is 0 Å². The van der Waals surface area contributed by atoms with Crippen molar-refractivity contribution in [2.24, 2.45) is 5.84 Å². The van der Waals surface area contributed by atoms with E-state index in [2.05, 4.69) is 21.4 Å². The third-order valence-corrected chi connectivity index (χ3v) is 3.58. The molecule has 21 heavy (non-hydrogen) atoms. The number of benzene rings is 2. The van der Waals surface area contributed by atoms with Gasteiger partial charge in [-0.3, -0.25) is 11.3 Å². The third kappa shape index (κ3) is 5.46. The second kappa shape index (κ2) is 8.12. The predicted octanol–water partition coefficient (Wildman–Crippen LogP) is 3.43. The standard InChI is InChI=1S/C16H18BrFN2O/c17-13-8-12(9-14(18)11-13)10-15(20-19)6-7-21-16-4-2-1-3-5-16/h1-5,8-9,11,15,20H,6-7,10,19H2. The van der Waals surface area contributed by atoms with Gasteiger partial charge in [0.25, 0.3) is 0 Å². The second-order valence-corrected chi connectivity index (χ2v) is 5.71. The normalized spacial score (nSPS) is 12.1. The number of para-hydroxylation sites is 1. The minimum Gasteiger partial charge on any atom is -0.494 e. The van der Waals surface area contributed by atoms with E-state index in [1.54, 1.807) is 0 Å². The maximum atomic E-state index is 13.3. The highest BCUT2D eigenvalue weighted by molar-refractivity contribution is 9.10. The molecule has 0 saturated carbocycles. The Morgan fingerprint density at radius 2 is 1.95 bits per heavy atom. The Bertz CT molecular complexity index is 545. The van der Waals surface area contributed by atoms with E-state index < -0.39 is 0 Å². The summed E-state index contributed by atoms with van der Waals surface area (Å²) in [5, 5.41) is 0. The monoisotopic (exact) mass is 352 g/mol. The van der Waals surface area contributed by atoms with Crippen LogP contribution in [-0.4, -0.2) is 12.6 Å². The molecule has 2 aromatic carbocycles. The Kier molecular flexibility index (Phi) is 6.17. The predicted molar refractivity (Wildman–Crippen MR) is 85.5 cm³/mol. The topological polar surface area (TPSA) is 47.3 Å². The quantitative estimate of drug-likeness (QED) is 0.592. The number of halogens is 2. The lowest BCUT2D eigenvalue weighted by Crippen LogP contribution is -2.38. The average Bonchev–Trinajstić information content (AvgIpc) is 2.46. The van der Waals surface area contributed by atoms with Gasteiger partial charge in [-0.2, -0.15) is 0 Å². The van der Waals surface area contributed by atoms with Crippen molar-refractivity contribution in [1.29, 1.82) is 0 Å². The van der Waals surface area contributed by atoms with E-state index in [-0.39, 0.29) is 11.9 Å². The fourth-order valence-electron chi connectivity index (χ4n) is 2.09. The highest BCUT2D eigenvalue weighted by atomic mass is 79.9. The van der Waals surface area contributed by atoms with Crippen molar-refractivity contribution in [1.82, 2.24) is 5.43 Å². The molecule has 0 spiro atoms. The molecule has 1 unspecified atom stereocenters. The van der Waals surface area contributed by atoms with Crippen molar-refractivity contribution in [3.05, 3.63) is 64.4 Å². The first-order valence-corrected chi connectivity index (χ1v) is 7.55. The average molecular weight is 353 g/mol. The van der Waals surface area contributed by atoms with Crippen LogP contribution in [0.1, 0.15) is 12.0 Å². The lowest BCUT2D eigenvalue weighted by atomic mass is 10.0. The minimum absolute atomic E-state index is 0.0300. The lowest BCUT2D eigenvalue weighted by molar-refractivity contribution is 0.285. The number of nitrogens with two attached hydrogens (primary N) is 1. The van der Waals surface area contributed by atoms with Crippen molar-refractivity contribution in [3.8, 4) is 5.75 Å². The fraction of sp³-hybridized carbons (Fsp3) is 0.250. The maximum Gasteiger partial charge on any atom is 0.124 e. The van der Waals surface area contributed by atoms with Crippen LogP contribution in [0.15, 0.2) is 53.0 Å². The van der Waals surface area contributed by atoms with Gasteiger partial charge >= 0.3 is 0 Å². The van der Waals surface area contributed by atoms with E-state index in [1.807, 2.05) is 36.4 Å². The Morgan fingerprint density at radius 3 is 2.62 bits per heavy atom. The van der Waals surface area contributed by atoms with Gasteiger partial charge in [0.05, 0.1) is 6.61 Å². The SMILES string of the molecule is NNC(CCOc1ccccc1)Cc1cc(F)cc(Br)c1. The molecule has 3 nitrogen and oxygen atoms in total. The summed E-state index contributed by atoms with van der Waals surface area (Å²) < 4.78 is 19.7. The van der Waals surface area contributed by atoms with E-state index >= 15 is 0 Å². The van der Waals surface area contributed by atoms with Crippen molar-refractivity contribution < 1.29 is 9.13 Å². The zero-order valence-electron chi connectivity index (χ0n) is 11.6. The summed E-state index contributed by atoms with van der Waals surface area (Å²) in [6.07, 6.45) is 1.38. The smallest absolute Gasteiger partial charge is 0.124 e. The van der Waals surface area contributed by atoms with Crippen LogP contribution in [0.5, 0.6) is 5.75 Å². The summed E-state index contributed by atoms with van der Waals surface area (Å²) in [5.74, 6) is 6.15. The van der Waals surface area contributed by atoms with Gasteiger partial charge in [0.2, 0.25) is 0 Å². The zero-order valence-corrected chi connectivity index (χ0v) is 13.1. The summed E-state index contributed by atoms with van der Waals surface area (Å²) in [5.41, 5.74) is 3.65. The summed E-state index contributed by atoms with van der Waals surface area (Å²) in [4.78, 5) is 0. The van der Waals surface area contributed by atoms with Crippen molar-refractivity contribution in [2.75, 3.05) is 6.61 Å². The molecule has 0 fully saturated rings. The Morgan fingerprint density at radius 1 is 1.19 bits per heavy atom. The third-order valence-electron chi connectivity index (χ3n) is 3.12. The van der Waals surface area contributed by atoms with Gasteiger partial charge in [-0.05, 0) is 48.7 Å². The Balaban J connectivity index is 1.85. The molecule has 0 saturated heterocycles. The van der Waals surface area contributed by atoms with Gasteiger partial charge in [-0.1, -0.05) is 34.1 Å². The number of hydrazine groups is 1. The van der Waals surface area contributed by atoms with Crippen molar-refractivity contribution in [2.45, 2.75) is 18.9 Å². The van der Waals surface area contributed by atoms with Gasteiger partial charge in [0.1, 0.15) is 11.6 Å². The van der Waals surface area contributed by atoms with Crippen LogP contribution in [0, 0.1) is 5.82 Å². The van der Waals surface area contributed by atoms with E-state index in [1.165, 1.54) is 12.1 Å². The molecule has 0 aromatic heterocycles. The zero-order chi connectivity index (χ0) is 15.1. The van der Waals surface area contributed by atoms with Gasteiger partial charge in [-0.15, -0.1) is 0 Å². The molecule has 2 rings (SSSR count). The van der Waals surface area contributed by atoms with E-state index in [4.69, 9.17) is 10.6 Å². The summed E-state index contributed by atoms with van der Waals surface area (Å²) in [7, 11) is 0. The van der Waals surface area contributed by atoms with Gasteiger partial charge in [0, 0.05) is 10.5 Å². The lowest BCUT2D eigenvalue weighted by Gasteiger charge is -2.16. The van der Waals surface area contributed by atoms with Crippen LogP contribution in [0.25, 0.3) is 0 Å². The molecule has 1 atom stereocenters. The molecule has 0 aliphatic rings. The number of hydrogen-bond acceptors (Lipinski definition) is 3. The first-order chi connectivity index (χ1) is 10.2. The fourth-order valence-corrected chi connectivity index (χ4v) is 2.61. The van der Waals surface area contributed by atoms with Crippen molar-refractivity contribution >= 4 is 15.9 Å². The highest BCUT2D eigenvalue weighted by Crippen LogP contribution is 2.17. The van der Waals surface area contributed by atoms with Crippen LogP contribution in [0.2, 0.25) is 0 Å². The molecule has 2 aromatic rings. The van der Waals surface area contributed by atoms with Crippen LogP contribution >= 0.6 is 15.9 Å². The Hall–Kier alpha value is -1.43. The van der Waals surface area contributed by atoms with E-state index in [0.29, 0.717) is 13.0 Å². The van der Waals surface area contributed by atoms with Gasteiger partial charge < -0.3 is 4.74 Å². The van der Waals surface area contributed by atoms with E-state index in [0.717, 1.165) is 22.2 Å². The van der Waals surface area contributed by atoms with Gasteiger partial charge in [-0.25, -0.2) is 4.39 Å². The number of rotatable bonds is 7. The van der Waals surface area contributed by atoms with Crippen LogP contribution in [0.4, 0.5) is 4.39 Å². The molecule has 0 aliphatic carbocycles. The molecule has 112 valence electrons. The molecule has 0 amide bonds. The molecule has 0 aliphatic heterocycles. The first-order valence-electron chi connectivity index (χ1n) is 6.76. The van der Waals surface area contributed by atoms with Crippen LogP contribution in [-0.2, 0) is 6.42 Å². The minimum atomic E-state index is -0.254. The highest BCUT2D eigenvalue weighted by Gasteiger charge is 2.09. The number of hydrogen-bond donors (Lipinski definition) is 2. The molecule has 0 radical (unpaired) electrons. The largest absolute Gasteiger partial charge is 0.494 e. The molecule has 0 bridgehead atoms. The molecule has 5 heteroatoms. The first kappa shape index (κ1) is 15.9. The van der Waals surface area contributed by atoms with E-state index in [9.17, 15) is 4.39 Å². The molecule has 0 heterocycles. The van der Waals surface area contributed by atoms with Gasteiger partial charge in [0.15, 0.2) is 0 Å². The molecule has 3 N–H and O–H groups in total. The molecular weight excluding hydrogens is 335 g/mol. The Labute approximate surface area is 132 Å². The molecular formula is C16H18BrFN2O. The van der Waals surface area contributed by atoms with Crippen molar-refractivity contribution in [3.63, 3.8) is 0 Å². The summed E-state index contributed by atoms with van der Waals surface area (Å²) in [6, 6.07) is 14.5.